The van der Waals surface area contributed by atoms with Crippen molar-refractivity contribution in [3.8, 4) is 0 Å². The van der Waals surface area contributed by atoms with Gasteiger partial charge in [-0.25, -0.2) is 8.78 Å². The zero-order valence-corrected chi connectivity index (χ0v) is 10.3. The van der Waals surface area contributed by atoms with Gasteiger partial charge < -0.3 is 5.73 Å². The summed E-state index contributed by atoms with van der Waals surface area (Å²) in [6, 6.07) is 5.41. The van der Waals surface area contributed by atoms with Gasteiger partial charge in [0.25, 0.3) is 0 Å². The van der Waals surface area contributed by atoms with Crippen molar-refractivity contribution in [1.82, 2.24) is 9.78 Å². The van der Waals surface area contributed by atoms with Gasteiger partial charge in [-0.15, -0.1) is 0 Å². The highest BCUT2D eigenvalue weighted by Crippen LogP contribution is 2.26. The van der Waals surface area contributed by atoms with Gasteiger partial charge in [-0.1, -0.05) is 6.07 Å². The molecule has 0 aliphatic rings. The van der Waals surface area contributed by atoms with Crippen LogP contribution in [0.15, 0.2) is 24.3 Å². The Hall–Kier alpha value is -1.75. The average molecular weight is 251 g/mol. The van der Waals surface area contributed by atoms with E-state index in [4.69, 9.17) is 5.73 Å². The van der Waals surface area contributed by atoms with E-state index in [1.54, 1.807) is 11.7 Å². The van der Waals surface area contributed by atoms with E-state index in [0.717, 1.165) is 17.5 Å². The molecule has 5 heteroatoms. The van der Waals surface area contributed by atoms with Gasteiger partial charge in [-0.05, 0) is 24.6 Å². The number of hydrogen-bond donors (Lipinski definition) is 1. The zero-order chi connectivity index (χ0) is 13.3. The first-order valence-electron chi connectivity index (χ1n) is 5.68. The first-order chi connectivity index (χ1) is 8.52. The fourth-order valence-corrected chi connectivity index (χ4v) is 2.15. The molecule has 1 aromatic carbocycles. The number of benzene rings is 1. The lowest BCUT2D eigenvalue weighted by Crippen LogP contribution is -2.18. The number of nitrogens with zero attached hydrogens (tertiary/aromatic N) is 2. The largest absolute Gasteiger partial charge is 0.329 e. The maximum atomic E-state index is 13.8. The Bertz CT molecular complexity index is 563. The van der Waals surface area contributed by atoms with Crippen LogP contribution in [0.4, 0.5) is 8.78 Å². The highest BCUT2D eigenvalue weighted by Gasteiger charge is 2.20. The summed E-state index contributed by atoms with van der Waals surface area (Å²) < 4.78 is 28.4. The number of aromatic nitrogens is 2. The van der Waals surface area contributed by atoms with Crippen molar-refractivity contribution in [2.45, 2.75) is 12.8 Å². The Morgan fingerprint density at radius 1 is 1.33 bits per heavy atom. The van der Waals surface area contributed by atoms with E-state index in [2.05, 4.69) is 5.10 Å². The molecule has 2 N–H and O–H groups in total. The Morgan fingerprint density at radius 2 is 2.06 bits per heavy atom. The van der Waals surface area contributed by atoms with Crippen LogP contribution < -0.4 is 5.73 Å². The molecule has 0 aliphatic carbocycles. The number of aryl methyl sites for hydroxylation is 2. The molecular weight excluding hydrogens is 236 g/mol. The molecule has 0 amide bonds. The maximum absolute atomic E-state index is 13.8. The van der Waals surface area contributed by atoms with Crippen LogP contribution in [0.1, 0.15) is 22.9 Å². The van der Waals surface area contributed by atoms with Crippen LogP contribution in [0.5, 0.6) is 0 Å². The Labute approximate surface area is 104 Å². The van der Waals surface area contributed by atoms with Crippen molar-refractivity contribution < 1.29 is 8.78 Å². The van der Waals surface area contributed by atoms with Gasteiger partial charge in [0, 0.05) is 31.3 Å². The molecule has 1 aromatic heterocycles. The highest BCUT2D eigenvalue weighted by atomic mass is 19.1. The van der Waals surface area contributed by atoms with E-state index in [9.17, 15) is 8.78 Å². The number of nitrogens with two attached hydrogens (primary N) is 1. The molecule has 2 rings (SSSR count). The van der Waals surface area contributed by atoms with Crippen LogP contribution in [-0.4, -0.2) is 16.3 Å². The lowest BCUT2D eigenvalue weighted by molar-refractivity contribution is 0.557. The number of halogens is 2. The predicted octanol–water partition coefficient (Wildman–Crippen LogP) is 2.10. The third-order valence-electron chi connectivity index (χ3n) is 2.97. The minimum absolute atomic E-state index is 0.238. The van der Waals surface area contributed by atoms with Crippen molar-refractivity contribution in [3.05, 3.63) is 52.9 Å². The summed E-state index contributed by atoms with van der Waals surface area (Å²) in [6.45, 7) is 2.10. The van der Waals surface area contributed by atoms with E-state index in [-0.39, 0.29) is 12.5 Å². The molecule has 0 fully saturated rings. The summed E-state index contributed by atoms with van der Waals surface area (Å²) in [7, 11) is 1.78. The molecular formula is C13H15F2N3. The molecule has 1 unspecified atom stereocenters. The standard InChI is InChI=1S/C13H15F2N3/c1-8-5-13(18(2)17-8)11(7-16)10-4-3-9(14)6-12(10)15/h3-6,11H,7,16H2,1-2H3. The van der Waals surface area contributed by atoms with Gasteiger partial charge in [0.15, 0.2) is 0 Å². The third kappa shape index (κ3) is 2.26. The Balaban J connectivity index is 2.48. The van der Waals surface area contributed by atoms with Gasteiger partial charge in [-0.2, -0.15) is 5.10 Å². The SMILES string of the molecule is Cc1cc(C(CN)c2ccc(F)cc2F)n(C)n1. The summed E-state index contributed by atoms with van der Waals surface area (Å²) in [5.41, 5.74) is 7.77. The molecule has 1 atom stereocenters. The molecule has 0 saturated heterocycles. The van der Waals surface area contributed by atoms with Gasteiger partial charge in [0.2, 0.25) is 0 Å². The second-order valence-corrected chi connectivity index (χ2v) is 4.29. The molecule has 1 heterocycles. The monoisotopic (exact) mass is 251 g/mol. The van der Waals surface area contributed by atoms with Gasteiger partial charge in [0.1, 0.15) is 11.6 Å². The lowest BCUT2D eigenvalue weighted by Gasteiger charge is -2.16. The van der Waals surface area contributed by atoms with E-state index in [1.807, 2.05) is 13.0 Å². The molecule has 0 spiro atoms. The van der Waals surface area contributed by atoms with Gasteiger partial charge >= 0.3 is 0 Å². The lowest BCUT2D eigenvalue weighted by atomic mass is 9.95. The molecule has 0 radical (unpaired) electrons. The second-order valence-electron chi connectivity index (χ2n) is 4.29. The Kier molecular flexibility index (Phi) is 3.43. The van der Waals surface area contributed by atoms with E-state index in [1.165, 1.54) is 12.1 Å². The fraction of sp³-hybridized carbons (Fsp3) is 0.308. The first-order valence-corrected chi connectivity index (χ1v) is 5.68. The minimum Gasteiger partial charge on any atom is -0.329 e. The fourth-order valence-electron chi connectivity index (χ4n) is 2.15. The highest BCUT2D eigenvalue weighted by molar-refractivity contribution is 5.31. The minimum atomic E-state index is -0.590. The molecule has 3 nitrogen and oxygen atoms in total. The Morgan fingerprint density at radius 3 is 2.56 bits per heavy atom. The summed E-state index contributed by atoms with van der Waals surface area (Å²) in [4.78, 5) is 0. The quantitative estimate of drug-likeness (QED) is 0.907. The normalized spacial score (nSPS) is 12.7. The van der Waals surface area contributed by atoms with Crippen molar-refractivity contribution >= 4 is 0 Å². The molecule has 18 heavy (non-hydrogen) atoms. The molecule has 2 aromatic rings. The zero-order valence-electron chi connectivity index (χ0n) is 10.3. The predicted molar refractivity (Wildman–Crippen MR) is 65.2 cm³/mol. The van der Waals surface area contributed by atoms with Crippen molar-refractivity contribution in [2.75, 3.05) is 6.54 Å². The van der Waals surface area contributed by atoms with E-state index < -0.39 is 11.6 Å². The molecule has 0 saturated carbocycles. The molecule has 96 valence electrons. The third-order valence-corrected chi connectivity index (χ3v) is 2.97. The number of hydrogen-bond acceptors (Lipinski definition) is 2. The van der Waals surface area contributed by atoms with Crippen LogP contribution in [-0.2, 0) is 7.05 Å². The van der Waals surface area contributed by atoms with Gasteiger partial charge in [-0.3, -0.25) is 4.68 Å². The average Bonchev–Trinajstić information content (AvgIpc) is 2.62. The van der Waals surface area contributed by atoms with Crippen molar-refractivity contribution in [3.63, 3.8) is 0 Å². The van der Waals surface area contributed by atoms with E-state index in [0.29, 0.717) is 5.56 Å². The topological polar surface area (TPSA) is 43.8 Å². The first kappa shape index (κ1) is 12.7. The maximum Gasteiger partial charge on any atom is 0.130 e. The summed E-state index contributed by atoms with van der Waals surface area (Å²) >= 11 is 0. The smallest absolute Gasteiger partial charge is 0.130 e. The number of rotatable bonds is 3. The van der Waals surface area contributed by atoms with Crippen LogP contribution >= 0.6 is 0 Å². The summed E-state index contributed by atoms with van der Waals surface area (Å²) in [6.07, 6.45) is 0. The van der Waals surface area contributed by atoms with Crippen LogP contribution in [0.25, 0.3) is 0 Å². The summed E-state index contributed by atoms with van der Waals surface area (Å²) in [5, 5.41) is 4.22. The second kappa shape index (κ2) is 4.86. The van der Waals surface area contributed by atoms with Crippen LogP contribution in [0, 0.1) is 18.6 Å². The van der Waals surface area contributed by atoms with Crippen LogP contribution in [0.3, 0.4) is 0 Å². The summed E-state index contributed by atoms with van der Waals surface area (Å²) in [5.74, 6) is -1.49. The van der Waals surface area contributed by atoms with Crippen molar-refractivity contribution in [1.29, 1.82) is 0 Å². The van der Waals surface area contributed by atoms with E-state index >= 15 is 0 Å². The van der Waals surface area contributed by atoms with Crippen LogP contribution in [0.2, 0.25) is 0 Å². The molecule has 0 aliphatic heterocycles. The van der Waals surface area contributed by atoms with Crippen molar-refractivity contribution in [2.24, 2.45) is 12.8 Å². The van der Waals surface area contributed by atoms with Gasteiger partial charge in [0.05, 0.1) is 5.69 Å². The molecule has 0 bridgehead atoms.